The first-order chi connectivity index (χ1) is 5.27. The van der Waals surface area contributed by atoms with E-state index in [9.17, 15) is 4.39 Å². The number of halogens is 1. The molecular formula is C8H8FNO. The quantitative estimate of drug-likeness (QED) is 0.526. The Labute approximate surface area is 64.0 Å². The summed E-state index contributed by atoms with van der Waals surface area (Å²) < 4.78 is 18.0. The summed E-state index contributed by atoms with van der Waals surface area (Å²) in [6.07, 6.45) is 0.729. The molecule has 1 aliphatic rings. The fraction of sp³-hybridized carbons (Fsp3) is 0.375. The first kappa shape index (κ1) is 6.58. The van der Waals surface area contributed by atoms with Gasteiger partial charge in [-0.25, -0.2) is 4.98 Å². The maximum atomic E-state index is 12.8. The van der Waals surface area contributed by atoms with E-state index in [2.05, 4.69) is 4.98 Å². The lowest BCUT2D eigenvalue weighted by molar-refractivity contribution is 0.356. The largest absolute Gasteiger partial charge is 0.491 e. The second kappa shape index (κ2) is 2.19. The van der Waals surface area contributed by atoms with Gasteiger partial charge < -0.3 is 4.74 Å². The lowest BCUT2D eigenvalue weighted by Gasteiger charge is -1.99. The van der Waals surface area contributed by atoms with Crippen LogP contribution in [0.3, 0.4) is 0 Å². The predicted octanol–water partition coefficient (Wildman–Crippen LogP) is 1.46. The Kier molecular flexibility index (Phi) is 1.31. The molecule has 0 radical (unpaired) electrons. The van der Waals surface area contributed by atoms with Crippen LogP contribution in [0.2, 0.25) is 0 Å². The molecule has 0 saturated heterocycles. The molecule has 0 atom stereocenters. The molecule has 2 nitrogen and oxygen atoms in total. The number of aryl methyl sites for hydroxylation is 1. The molecule has 0 bridgehead atoms. The van der Waals surface area contributed by atoms with E-state index in [-0.39, 0.29) is 5.95 Å². The van der Waals surface area contributed by atoms with Gasteiger partial charge in [-0.2, -0.15) is 4.39 Å². The van der Waals surface area contributed by atoms with Crippen LogP contribution in [0.5, 0.6) is 5.75 Å². The van der Waals surface area contributed by atoms with Crippen LogP contribution in [0.1, 0.15) is 11.3 Å². The van der Waals surface area contributed by atoms with Gasteiger partial charge in [0.15, 0.2) is 0 Å². The maximum Gasteiger partial charge on any atom is 0.216 e. The summed E-state index contributed by atoms with van der Waals surface area (Å²) >= 11 is 0. The smallest absolute Gasteiger partial charge is 0.216 e. The molecule has 0 fully saturated rings. The highest BCUT2D eigenvalue weighted by atomic mass is 19.1. The molecule has 0 N–H and O–H groups in total. The van der Waals surface area contributed by atoms with Crippen molar-refractivity contribution in [3.63, 3.8) is 0 Å². The van der Waals surface area contributed by atoms with E-state index < -0.39 is 0 Å². The van der Waals surface area contributed by atoms with Crippen LogP contribution in [-0.2, 0) is 6.42 Å². The zero-order valence-electron chi connectivity index (χ0n) is 6.22. The standard InChI is InChI=1S/C8H8FNO/c1-5-4-7-6(2-3-11-7)10-8(5)9/h4H,2-3H2,1H3. The Balaban J connectivity index is 2.57. The van der Waals surface area contributed by atoms with Crippen LogP contribution < -0.4 is 4.74 Å². The fourth-order valence-electron chi connectivity index (χ4n) is 1.16. The van der Waals surface area contributed by atoms with Crippen LogP contribution in [0.25, 0.3) is 0 Å². The number of fused-ring (bicyclic) bond motifs is 1. The first-order valence-corrected chi connectivity index (χ1v) is 3.56. The van der Waals surface area contributed by atoms with Crippen LogP contribution in [0.15, 0.2) is 6.07 Å². The first-order valence-electron chi connectivity index (χ1n) is 3.56. The summed E-state index contributed by atoms with van der Waals surface area (Å²) in [5, 5.41) is 0. The van der Waals surface area contributed by atoms with Gasteiger partial charge in [0.2, 0.25) is 5.95 Å². The molecule has 0 aromatic carbocycles. The highest BCUT2D eigenvalue weighted by Crippen LogP contribution is 2.24. The minimum absolute atomic E-state index is 0.380. The van der Waals surface area contributed by atoms with Crippen molar-refractivity contribution in [2.45, 2.75) is 13.3 Å². The highest BCUT2D eigenvalue weighted by Gasteiger charge is 2.15. The molecule has 1 aliphatic heterocycles. The van der Waals surface area contributed by atoms with Crippen LogP contribution >= 0.6 is 0 Å². The number of ether oxygens (including phenoxy) is 1. The third kappa shape index (κ3) is 0.964. The normalized spacial score (nSPS) is 14.4. The summed E-state index contributed by atoms with van der Waals surface area (Å²) in [5.74, 6) is 0.359. The van der Waals surface area contributed by atoms with Gasteiger partial charge in [0.25, 0.3) is 0 Å². The summed E-state index contributed by atoms with van der Waals surface area (Å²) in [4.78, 5) is 3.76. The Morgan fingerprint density at radius 1 is 1.64 bits per heavy atom. The molecule has 2 heterocycles. The molecule has 58 valence electrons. The number of pyridine rings is 1. The molecule has 0 amide bonds. The number of aromatic nitrogens is 1. The second-order valence-electron chi connectivity index (χ2n) is 2.64. The average molecular weight is 153 g/mol. The zero-order valence-corrected chi connectivity index (χ0v) is 6.22. The number of rotatable bonds is 0. The molecule has 0 unspecified atom stereocenters. The van der Waals surface area contributed by atoms with E-state index in [0.29, 0.717) is 12.2 Å². The number of hydrogen-bond acceptors (Lipinski definition) is 2. The zero-order chi connectivity index (χ0) is 7.84. The Hall–Kier alpha value is -1.12. The van der Waals surface area contributed by atoms with Crippen LogP contribution in [0.4, 0.5) is 4.39 Å². The van der Waals surface area contributed by atoms with Crippen molar-refractivity contribution in [2.75, 3.05) is 6.61 Å². The predicted molar refractivity (Wildman–Crippen MR) is 38.1 cm³/mol. The third-order valence-corrected chi connectivity index (χ3v) is 1.79. The van der Waals surface area contributed by atoms with Crippen molar-refractivity contribution in [1.82, 2.24) is 4.98 Å². The van der Waals surface area contributed by atoms with E-state index >= 15 is 0 Å². The van der Waals surface area contributed by atoms with Gasteiger partial charge in [0.05, 0.1) is 12.3 Å². The van der Waals surface area contributed by atoms with E-state index in [4.69, 9.17) is 4.74 Å². The summed E-state index contributed by atoms with van der Waals surface area (Å²) in [6, 6.07) is 1.70. The number of nitrogens with zero attached hydrogens (tertiary/aromatic N) is 1. The van der Waals surface area contributed by atoms with E-state index in [1.807, 2.05) is 0 Å². The molecule has 0 spiro atoms. The van der Waals surface area contributed by atoms with E-state index in [1.165, 1.54) is 0 Å². The van der Waals surface area contributed by atoms with Crippen LogP contribution in [-0.4, -0.2) is 11.6 Å². The maximum absolute atomic E-state index is 12.8. The molecule has 3 heteroatoms. The minimum Gasteiger partial charge on any atom is -0.491 e. The molecular weight excluding hydrogens is 145 g/mol. The SMILES string of the molecule is Cc1cc2c(nc1F)CCO2. The second-order valence-corrected chi connectivity index (χ2v) is 2.64. The van der Waals surface area contributed by atoms with Gasteiger partial charge in [-0.3, -0.25) is 0 Å². The van der Waals surface area contributed by atoms with Crippen molar-refractivity contribution in [1.29, 1.82) is 0 Å². The van der Waals surface area contributed by atoms with Crippen molar-refractivity contribution in [3.05, 3.63) is 23.3 Å². The molecule has 1 aromatic heterocycles. The Morgan fingerprint density at radius 2 is 2.45 bits per heavy atom. The highest BCUT2D eigenvalue weighted by molar-refractivity contribution is 5.34. The third-order valence-electron chi connectivity index (χ3n) is 1.79. The van der Waals surface area contributed by atoms with Crippen LogP contribution in [0, 0.1) is 12.9 Å². The van der Waals surface area contributed by atoms with Gasteiger partial charge >= 0.3 is 0 Å². The topological polar surface area (TPSA) is 22.1 Å². The van der Waals surface area contributed by atoms with Gasteiger partial charge in [-0.05, 0) is 13.0 Å². The fourth-order valence-corrected chi connectivity index (χ4v) is 1.16. The Bertz CT molecular complexity index is 269. The molecule has 0 aliphatic carbocycles. The minimum atomic E-state index is -0.380. The van der Waals surface area contributed by atoms with Crippen molar-refractivity contribution < 1.29 is 9.13 Å². The van der Waals surface area contributed by atoms with Crippen molar-refractivity contribution in [2.24, 2.45) is 0 Å². The van der Waals surface area contributed by atoms with Gasteiger partial charge in [0.1, 0.15) is 5.75 Å². The summed E-state index contributed by atoms with van der Waals surface area (Å²) in [7, 11) is 0. The van der Waals surface area contributed by atoms with Crippen molar-refractivity contribution >= 4 is 0 Å². The van der Waals surface area contributed by atoms with E-state index in [1.54, 1.807) is 13.0 Å². The monoisotopic (exact) mass is 153 g/mol. The lowest BCUT2D eigenvalue weighted by atomic mass is 10.2. The van der Waals surface area contributed by atoms with Gasteiger partial charge in [0, 0.05) is 12.0 Å². The number of hydrogen-bond donors (Lipinski definition) is 0. The molecule has 1 aromatic rings. The van der Waals surface area contributed by atoms with Gasteiger partial charge in [-0.1, -0.05) is 0 Å². The Morgan fingerprint density at radius 3 is 3.27 bits per heavy atom. The molecule has 0 saturated carbocycles. The molecule has 2 rings (SSSR count). The summed E-state index contributed by atoms with van der Waals surface area (Å²) in [6.45, 7) is 2.32. The summed E-state index contributed by atoms with van der Waals surface area (Å²) in [5.41, 5.74) is 1.29. The lowest BCUT2D eigenvalue weighted by Crippen LogP contribution is -1.91. The average Bonchev–Trinajstić information content (AvgIpc) is 2.36. The van der Waals surface area contributed by atoms with Crippen molar-refractivity contribution in [3.8, 4) is 5.75 Å². The van der Waals surface area contributed by atoms with E-state index in [0.717, 1.165) is 17.9 Å². The van der Waals surface area contributed by atoms with Gasteiger partial charge in [-0.15, -0.1) is 0 Å². The molecule has 11 heavy (non-hydrogen) atoms.